The van der Waals surface area contributed by atoms with E-state index in [4.69, 9.17) is 4.74 Å². The minimum Gasteiger partial charge on any atom is -0.493 e. The van der Waals surface area contributed by atoms with Crippen molar-refractivity contribution in [2.75, 3.05) is 13.2 Å². The summed E-state index contributed by atoms with van der Waals surface area (Å²) < 4.78 is 5.49. The molecule has 2 N–H and O–H groups in total. The number of carbonyl (C=O) groups is 2. The Hall–Kier alpha value is -2.30. The first-order chi connectivity index (χ1) is 10.6. The van der Waals surface area contributed by atoms with E-state index in [1.54, 1.807) is 13.0 Å². The minimum atomic E-state index is -0.564. The first-order valence-electron chi connectivity index (χ1n) is 7.56. The van der Waals surface area contributed by atoms with Crippen molar-refractivity contribution < 1.29 is 14.3 Å². The van der Waals surface area contributed by atoms with Crippen LogP contribution in [-0.2, 0) is 9.59 Å². The maximum atomic E-state index is 11.9. The van der Waals surface area contributed by atoms with Crippen molar-refractivity contribution in [3.05, 3.63) is 35.9 Å². The van der Waals surface area contributed by atoms with Crippen LogP contribution in [0.3, 0.4) is 0 Å². The first-order valence-corrected chi connectivity index (χ1v) is 7.56. The maximum Gasteiger partial charge on any atom is 0.244 e. The number of ether oxygens (including phenoxy) is 1. The molecule has 0 saturated carbocycles. The van der Waals surface area contributed by atoms with E-state index in [2.05, 4.69) is 10.6 Å². The van der Waals surface area contributed by atoms with Crippen LogP contribution in [0, 0.1) is 0 Å². The molecule has 0 spiro atoms. The van der Waals surface area contributed by atoms with Gasteiger partial charge < -0.3 is 15.4 Å². The minimum absolute atomic E-state index is 0.182. The van der Waals surface area contributed by atoms with Gasteiger partial charge in [0.2, 0.25) is 11.8 Å². The molecule has 0 aliphatic carbocycles. The van der Waals surface area contributed by atoms with E-state index in [9.17, 15) is 9.59 Å². The van der Waals surface area contributed by atoms with Crippen LogP contribution in [0.4, 0.5) is 0 Å². The van der Waals surface area contributed by atoms with Crippen molar-refractivity contribution in [1.29, 1.82) is 0 Å². The van der Waals surface area contributed by atoms with Crippen LogP contribution in [0.25, 0.3) is 6.08 Å². The topological polar surface area (TPSA) is 67.4 Å². The van der Waals surface area contributed by atoms with Gasteiger partial charge >= 0.3 is 0 Å². The molecule has 1 aromatic carbocycles. The number of hydrogen-bond acceptors (Lipinski definition) is 3. The highest BCUT2D eigenvalue weighted by Crippen LogP contribution is 2.19. The van der Waals surface area contributed by atoms with Gasteiger partial charge in [-0.1, -0.05) is 25.1 Å². The molecule has 5 heteroatoms. The zero-order valence-electron chi connectivity index (χ0n) is 13.4. The van der Waals surface area contributed by atoms with Crippen LogP contribution >= 0.6 is 0 Å². The lowest BCUT2D eigenvalue weighted by Gasteiger charge is -2.12. The fourth-order valence-electron chi connectivity index (χ4n) is 1.80. The number of hydrogen-bond donors (Lipinski definition) is 2. The number of rotatable bonds is 8. The highest BCUT2D eigenvalue weighted by molar-refractivity contribution is 5.95. The Kier molecular flexibility index (Phi) is 7.75. The van der Waals surface area contributed by atoms with E-state index in [0.29, 0.717) is 13.2 Å². The molecule has 120 valence electrons. The molecule has 5 nitrogen and oxygen atoms in total. The number of para-hydroxylation sites is 1. The van der Waals surface area contributed by atoms with Gasteiger partial charge in [0.05, 0.1) is 6.61 Å². The van der Waals surface area contributed by atoms with Crippen molar-refractivity contribution >= 4 is 17.9 Å². The van der Waals surface area contributed by atoms with Gasteiger partial charge in [-0.05, 0) is 32.4 Å². The first kappa shape index (κ1) is 17.8. The molecule has 0 aliphatic rings. The van der Waals surface area contributed by atoms with Crippen LogP contribution in [0.15, 0.2) is 30.3 Å². The summed E-state index contributed by atoms with van der Waals surface area (Å²) in [7, 11) is 0. The maximum absolute atomic E-state index is 11.9. The van der Waals surface area contributed by atoms with Crippen molar-refractivity contribution in [2.45, 2.75) is 33.2 Å². The molecular weight excluding hydrogens is 280 g/mol. The summed E-state index contributed by atoms with van der Waals surface area (Å²) in [6.45, 7) is 6.71. The normalized spacial score (nSPS) is 12.0. The Morgan fingerprint density at radius 2 is 2.00 bits per heavy atom. The van der Waals surface area contributed by atoms with E-state index in [0.717, 1.165) is 17.7 Å². The second-order valence-electron chi connectivity index (χ2n) is 4.83. The standard InChI is InChI=1S/C17H24N2O3/c1-4-12-18-17(21)13(3)19-16(20)11-10-14-8-6-7-9-15(14)22-5-2/h6-11,13H,4-5,12H2,1-3H3,(H,18,21)(H,19,20)/b11-10+/t13-/m0/s1. The molecule has 1 aromatic rings. The number of nitrogens with one attached hydrogen (secondary N) is 2. The van der Waals surface area contributed by atoms with Crippen LogP contribution in [0.5, 0.6) is 5.75 Å². The molecule has 0 saturated heterocycles. The lowest BCUT2D eigenvalue weighted by Crippen LogP contribution is -2.44. The smallest absolute Gasteiger partial charge is 0.244 e. The Morgan fingerprint density at radius 1 is 1.27 bits per heavy atom. The lowest BCUT2D eigenvalue weighted by molar-refractivity contribution is -0.126. The quantitative estimate of drug-likeness (QED) is 0.723. The molecule has 1 atom stereocenters. The van der Waals surface area contributed by atoms with Gasteiger partial charge in [0.15, 0.2) is 0 Å². The van der Waals surface area contributed by atoms with E-state index in [1.165, 1.54) is 6.08 Å². The third-order valence-electron chi connectivity index (χ3n) is 2.93. The summed E-state index contributed by atoms with van der Waals surface area (Å²) in [6.07, 6.45) is 3.94. The van der Waals surface area contributed by atoms with Crippen molar-refractivity contribution in [2.24, 2.45) is 0 Å². The zero-order valence-corrected chi connectivity index (χ0v) is 13.4. The summed E-state index contributed by atoms with van der Waals surface area (Å²) >= 11 is 0. The van der Waals surface area contributed by atoms with Gasteiger partial charge in [0, 0.05) is 18.2 Å². The number of benzene rings is 1. The number of carbonyl (C=O) groups excluding carboxylic acids is 2. The SMILES string of the molecule is CCCNC(=O)[C@H](C)NC(=O)/C=C/c1ccccc1OCC. The molecule has 0 heterocycles. The van der Waals surface area contributed by atoms with E-state index in [-0.39, 0.29) is 11.8 Å². The summed E-state index contributed by atoms with van der Waals surface area (Å²) in [5, 5.41) is 5.37. The van der Waals surface area contributed by atoms with Gasteiger partial charge in [-0.25, -0.2) is 0 Å². The Labute approximate surface area is 131 Å². The Balaban J connectivity index is 2.59. The molecule has 1 rings (SSSR count). The highest BCUT2D eigenvalue weighted by atomic mass is 16.5. The second kappa shape index (κ2) is 9.60. The molecule has 0 unspecified atom stereocenters. The Bertz CT molecular complexity index is 526. The van der Waals surface area contributed by atoms with Crippen LogP contribution in [-0.4, -0.2) is 31.0 Å². The van der Waals surface area contributed by atoms with Gasteiger partial charge in [0.25, 0.3) is 0 Å². The van der Waals surface area contributed by atoms with Gasteiger partial charge in [-0.15, -0.1) is 0 Å². The summed E-state index contributed by atoms with van der Waals surface area (Å²) in [5.74, 6) is 0.228. The van der Waals surface area contributed by atoms with E-state index >= 15 is 0 Å². The van der Waals surface area contributed by atoms with E-state index in [1.807, 2.05) is 38.1 Å². The van der Waals surface area contributed by atoms with Gasteiger partial charge in [0.1, 0.15) is 11.8 Å². The molecular formula is C17H24N2O3. The zero-order chi connectivity index (χ0) is 16.4. The van der Waals surface area contributed by atoms with Crippen LogP contribution < -0.4 is 15.4 Å². The average Bonchev–Trinajstić information content (AvgIpc) is 2.52. The summed E-state index contributed by atoms with van der Waals surface area (Å²) in [6, 6.07) is 6.91. The molecule has 0 bridgehead atoms. The number of amides is 2. The molecule has 0 radical (unpaired) electrons. The largest absolute Gasteiger partial charge is 0.493 e. The van der Waals surface area contributed by atoms with E-state index < -0.39 is 6.04 Å². The summed E-state index contributed by atoms with van der Waals surface area (Å²) in [5.41, 5.74) is 0.822. The molecule has 0 aromatic heterocycles. The van der Waals surface area contributed by atoms with Gasteiger partial charge in [-0.3, -0.25) is 9.59 Å². The van der Waals surface area contributed by atoms with Crippen molar-refractivity contribution in [3.8, 4) is 5.75 Å². The summed E-state index contributed by atoms with van der Waals surface area (Å²) in [4.78, 5) is 23.5. The van der Waals surface area contributed by atoms with Crippen molar-refractivity contribution in [3.63, 3.8) is 0 Å². The molecule has 2 amide bonds. The molecule has 0 fully saturated rings. The molecule has 0 aliphatic heterocycles. The Morgan fingerprint density at radius 3 is 2.68 bits per heavy atom. The fraction of sp³-hybridized carbons (Fsp3) is 0.412. The third kappa shape index (κ3) is 5.99. The monoisotopic (exact) mass is 304 g/mol. The average molecular weight is 304 g/mol. The van der Waals surface area contributed by atoms with Gasteiger partial charge in [-0.2, -0.15) is 0 Å². The van der Waals surface area contributed by atoms with Crippen LogP contribution in [0.1, 0.15) is 32.8 Å². The predicted octanol–water partition coefficient (Wildman–Crippen LogP) is 2.13. The predicted molar refractivity (Wildman–Crippen MR) is 87.6 cm³/mol. The fourth-order valence-corrected chi connectivity index (χ4v) is 1.80. The molecule has 22 heavy (non-hydrogen) atoms. The second-order valence-corrected chi connectivity index (χ2v) is 4.83. The third-order valence-corrected chi connectivity index (χ3v) is 2.93. The lowest BCUT2D eigenvalue weighted by atomic mass is 10.2. The van der Waals surface area contributed by atoms with Crippen molar-refractivity contribution in [1.82, 2.24) is 10.6 Å². The van der Waals surface area contributed by atoms with Crippen LogP contribution in [0.2, 0.25) is 0 Å². The highest BCUT2D eigenvalue weighted by Gasteiger charge is 2.13.